The lowest BCUT2D eigenvalue weighted by Gasteiger charge is -2.24. The number of para-hydroxylation sites is 3. The van der Waals surface area contributed by atoms with Crippen molar-refractivity contribution < 1.29 is 4.74 Å². The number of fused-ring (bicyclic) bond motifs is 1. The van der Waals surface area contributed by atoms with Gasteiger partial charge in [-0.05, 0) is 43.5 Å². The van der Waals surface area contributed by atoms with Gasteiger partial charge in [0.15, 0.2) is 0 Å². The van der Waals surface area contributed by atoms with Crippen LogP contribution >= 0.6 is 0 Å². The minimum Gasteiger partial charge on any atom is -0.491 e. The molecule has 21 heavy (non-hydrogen) atoms. The molecule has 3 rings (SSSR count). The summed E-state index contributed by atoms with van der Waals surface area (Å²) in [5, 5.41) is 0. The molecule has 1 aliphatic heterocycles. The van der Waals surface area contributed by atoms with E-state index in [1.807, 2.05) is 24.3 Å². The van der Waals surface area contributed by atoms with E-state index in [2.05, 4.69) is 36.1 Å². The van der Waals surface area contributed by atoms with Gasteiger partial charge in [0.2, 0.25) is 0 Å². The van der Waals surface area contributed by atoms with E-state index in [4.69, 9.17) is 10.5 Å². The standard InChI is InChI=1S/C18H22N2O/c1-14-13-15-7-2-4-9-17(15)20(14)11-6-12-21-18-10-5-3-8-16(18)19/h2-5,7-10,14H,6,11-13,19H2,1H3. The fourth-order valence-electron chi connectivity index (χ4n) is 3.00. The molecule has 1 heterocycles. The van der Waals surface area contributed by atoms with Crippen LogP contribution in [0.3, 0.4) is 0 Å². The van der Waals surface area contributed by atoms with Crippen molar-refractivity contribution in [2.75, 3.05) is 23.8 Å². The second kappa shape index (κ2) is 6.08. The van der Waals surface area contributed by atoms with Crippen LogP contribution in [0.2, 0.25) is 0 Å². The van der Waals surface area contributed by atoms with Crippen molar-refractivity contribution in [1.29, 1.82) is 0 Å². The molecule has 110 valence electrons. The lowest BCUT2D eigenvalue weighted by atomic mass is 10.1. The first kappa shape index (κ1) is 13.8. The molecule has 1 atom stereocenters. The summed E-state index contributed by atoms with van der Waals surface area (Å²) in [7, 11) is 0. The number of hydrogen-bond acceptors (Lipinski definition) is 3. The Morgan fingerprint density at radius 1 is 1.14 bits per heavy atom. The molecule has 2 N–H and O–H groups in total. The van der Waals surface area contributed by atoms with Crippen LogP contribution in [0.25, 0.3) is 0 Å². The van der Waals surface area contributed by atoms with Crippen LogP contribution in [0, 0.1) is 0 Å². The summed E-state index contributed by atoms with van der Waals surface area (Å²) in [5.41, 5.74) is 9.42. The van der Waals surface area contributed by atoms with Crippen molar-refractivity contribution in [3.63, 3.8) is 0 Å². The summed E-state index contributed by atoms with van der Waals surface area (Å²) < 4.78 is 5.77. The number of nitrogens with zero attached hydrogens (tertiary/aromatic N) is 1. The zero-order chi connectivity index (χ0) is 14.7. The lowest BCUT2D eigenvalue weighted by molar-refractivity contribution is 0.312. The highest BCUT2D eigenvalue weighted by atomic mass is 16.5. The van der Waals surface area contributed by atoms with Gasteiger partial charge in [0.1, 0.15) is 5.75 Å². The molecule has 0 radical (unpaired) electrons. The van der Waals surface area contributed by atoms with E-state index >= 15 is 0 Å². The zero-order valence-electron chi connectivity index (χ0n) is 12.5. The van der Waals surface area contributed by atoms with E-state index in [0.717, 1.165) is 25.1 Å². The largest absolute Gasteiger partial charge is 0.491 e. The first-order chi connectivity index (χ1) is 10.3. The van der Waals surface area contributed by atoms with E-state index in [1.54, 1.807) is 0 Å². The summed E-state index contributed by atoms with van der Waals surface area (Å²) in [6, 6.07) is 16.9. The third-order valence-electron chi connectivity index (χ3n) is 4.07. The van der Waals surface area contributed by atoms with Gasteiger partial charge in [0.25, 0.3) is 0 Å². The predicted molar refractivity (Wildman–Crippen MR) is 87.9 cm³/mol. The minimum atomic E-state index is 0.573. The SMILES string of the molecule is CC1Cc2ccccc2N1CCCOc1ccccc1N. The zero-order valence-corrected chi connectivity index (χ0v) is 12.5. The Morgan fingerprint density at radius 2 is 1.90 bits per heavy atom. The molecular formula is C18H22N2O. The molecule has 0 aromatic heterocycles. The number of hydrogen-bond donors (Lipinski definition) is 1. The summed E-state index contributed by atoms with van der Waals surface area (Å²) in [6.45, 7) is 4.00. The molecule has 3 nitrogen and oxygen atoms in total. The Kier molecular flexibility index (Phi) is 4.00. The summed E-state index contributed by atoms with van der Waals surface area (Å²) in [4.78, 5) is 2.48. The minimum absolute atomic E-state index is 0.573. The Labute approximate surface area is 126 Å². The Hall–Kier alpha value is -2.16. The van der Waals surface area contributed by atoms with Crippen LogP contribution in [0.5, 0.6) is 5.75 Å². The van der Waals surface area contributed by atoms with Crippen LogP contribution in [-0.2, 0) is 6.42 Å². The number of anilines is 2. The average molecular weight is 282 g/mol. The molecule has 0 saturated carbocycles. The fourth-order valence-corrected chi connectivity index (χ4v) is 3.00. The van der Waals surface area contributed by atoms with Gasteiger partial charge in [-0.1, -0.05) is 30.3 Å². The van der Waals surface area contributed by atoms with Crippen LogP contribution in [-0.4, -0.2) is 19.2 Å². The van der Waals surface area contributed by atoms with Crippen molar-refractivity contribution in [2.24, 2.45) is 0 Å². The first-order valence-corrected chi connectivity index (χ1v) is 7.57. The smallest absolute Gasteiger partial charge is 0.142 e. The maximum Gasteiger partial charge on any atom is 0.142 e. The molecule has 0 spiro atoms. The molecule has 0 bridgehead atoms. The molecule has 1 aliphatic rings. The quantitative estimate of drug-likeness (QED) is 0.674. The van der Waals surface area contributed by atoms with Crippen LogP contribution in [0.15, 0.2) is 48.5 Å². The highest BCUT2D eigenvalue weighted by molar-refractivity contribution is 5.59. The van der Waals surface area contributed by atoms with Gasteiger partial charge in [0, 0.05) is 18.3 Å². The molecular weight excluding hydrogens is 260 g/mol. The maximum absolute atomic E-state index is 5.87. The van der Waals surface area contributed by atoms with Crippen LogP contribution in [0.1, 0.15) is 18.9 Å². The van der Waals surface area contributed by atoms with Gasteiger partial charge in [-0.15, -0.1) is 0 Å². The van der Waals surface area contributed by atoms with Gasteiger partial charge < -0.3 is 15.4 Å². The first-order valence-electron chi connectivity index (χ1n) is 7.57. The lowest BCUT2D eigenvalue weighted by Crippen LogP contribution is -2.31. The number of rotatable bonds is 5. The molecule has 3 heteroatoms. The molecule has 2 aromatic carbocycles. The van der Waals surface area contributed by atoms with Crippen molar-refractivity contribution in [2.45, 2.75) is 25.8 Å². The number of ether oxygens (including phenoxy) is 1. The van der Waals surface area contributed by atoms with E-state index in [-0.39, 0.29) is 0 Å². The van der Waals surface area contributed by atoms with E-state index < -0.39 is 0 Å². The van der Waals surface area contributed by atoms with Crippen molar-refractivity contribution in [1.82, 2.24) is 0 Å². The highest BCUT2D eigenvalue weighted by Gasteiger charge is 2.24. The van der Waals surface area contributed by atoms with E-state index in [9.17, 15) is 0 Å². The van der Waals surface area contributed by atoms with Crippen molar-refractivity contribution >= 4 is 11.4 Å². The highest BCUT2D eigenvalue weighted by Crippen LogP contribution is 2.31. The second-order valence-corrected chi connectivity index (χ2v) is 5.62. The third-order valence-corrected chi connectivity index (χ3v) is 4.07. The topological polar surface area (TPSA) is 38.5 Å². The monoisotopic (exact) mass is 282 g/mol. The summed E-state index contributed by atoms with van der Waals surface area (Å²) in [5.74, 6) is 0.785. The molecule has 0 aliphatic carbocycles. The summed E-state index contributed by atoms with van der Waals surface area (Å²) >= 11 is 0. The van der Waals surface area contributed by atoms with Crippen molar-refractivity contribution in [3.05, 3.63) is 54.1 Å². The fraction of sp³-hybridized carbons (Fsp3) is 0.333. The van der Waals surface area contributed by atoms with Gasteiger partial charge in [-0.2, -0.15) is 0 Å². The Balaban J connectivity index is 1.53. The molecule has 0 saturated heterocycles. The van der Waals surface area contributed by atoms with Gasteiger partial charge in [-0.3, -0.25) is 0 Å². The Morgan fingerprint density at radius 3 is 2.76 bits per heavy atom. The van der Waals surface area contributed by atoms with E-state index in [0.29, 0.717) is 18.3 Å². The normalized spacial score (nSPS) is 16.8. The predicted octanol–water partition coefficient (Wildman–Crippen LogP) is 3.49. The Bertz CT molecular complexity index is 612. The van der Waals surface area contributed by atoms with Gasteiger partial charge >= 0.3 is 0 Å². The maximum atomic E-state index is 5.87. The number of benzene rings is 2. The number of nitrogens with two attached hydrogens (primary N) is 1. The van der Waals surface area contributed by atoms with Crippen LogP contribution in [0.4, 0.5) is 11.4 Å². The molecule has 2 aromatic rings. The number of nitrogen functional groups attached to an aromatic ring is 1. The average Bonchev–Trinajstić information content (AvgIpc) is 2.81. The molecule has 0 amide bonds. The molecule has 1 unspecified atom stereocenters. The van der Waals surface area contributed by atoms with Crippen molar-refractivity contribution in [3.8, 4) is 5.75 Å². The van der Waals surface area contributed by atoms with E-state index in [1.165, 1.54) is 11.3 Å². The van der Waals surface area contributed by atoms with Gasteiger partial charge in [0.05, 0.1) is 12.3 Å². The second-order valence-electron chi connectivity index (χ2n) is 5.62. The van der Waals surface area contributed by atoms with Gasteiger partial charge in [-0.25, -0.2) is 0 Å². The van der Waals surface area contributed by atoms with Crippen LogP contribution < -0.4 is 15.4 Å². The third kappa shape index (κ3) is 2.97. The summed E-state index contributed by atoms with van der Waals surface area (Å²) in [6.07, 6.45) is 2.13. The molecule has 0 fully saturated rings.